The molecule has 0 aliphatic carbocycles. The molecule has 1 aliphatic heterocycles. The van der Waals surface area contributed by atoms with Crippen LogP contribution in [0.2, 0.25) is 0 Å². The largest absolute Gasteiger partial charge is 0.464 e. The number of hydrogen-bond donors (Lipinski definition) is 0. The minimum atomic E-state index is -0.109. The Bertz CT molecular complexity index is 448. The van der Waals surface area contributed by atoms with E-state index in [-0.39, 0.29) is 6.29 Å². The van der Waals surface area contributed by atoms with Crippen molar-refractivity contribution >= 4 is 0 Å². The van der Waals surface area contributed by atoms with Crippen molar-refractivity contribution in [3.05, 3.63) is 29.3 Å². The van der Waals surface area contributed by atoms with E-state index >= 15 is 0 Å². The van der Waals surface area contributed by atoms with E-state index in [1.54, 1.807) is 0 Å². The van der Waals surface area contributed by atoms with Crippen molar-refractivity contribution in [3.8, 4) is 17.6 Å². The third kappa shape index (κ3) is 3.51. The summed E-state index contributed by atoms with van der Waals surface area (Å²) in [6, 6.07) is 6.13. The number of hydrogen-bond acceptors (Lipinski definition) is 2. The minimum Gasteiger partial charge on any atom is -0.464 e. The van der Waals surface area contributed by atoms with Gasteiger partial charge in [0.25, 0.3) is 0 Å². The molecule has 0 saturated carbocycles. The molecular weight excluding hydrogens is 224 g/mol. The summed E-state index contributed by atoms with van der Waals surface area (Å²) in [5, 5.41) is 0. The van der Waals surface area contributed by atoms with Gasteiger partial charge < -0.3 is 9.47 Å². The van der Waals surface area contributed by atoms with Gasteiger partial charge in [0.15, 0.2) is 6.29 Å². The molecule has 0 bridgehead atoms. The van der Waals surface area contributed by atoms with E-state index < -0.39 is 0 Å². The van der Waals surface area contributed by atoms with E-state index in [9.17, 15) is 0 Å². The molecule has 96 valence electrons. The van der Waals surface area contributed by atoms with Gasteiger partial charge in [-0.25, -0.2) is 0 Å². The van der Waals surface area contributed by atoms with Crippen molar-refractivity contribution < 1.29 is 9.47 Å². The molecule has 1 heterocycles. The van der Waals surface area contributed by atoms with E-state index in [2.05, 4.69) is 24.8 Å². The van der Waals surface area contributed by atoms with Crippen molar-refractivity contribution in [2.45, 2.75) is 45.8 Å². The first kappa shape index (κ1) is 13.0. The Morgan fingerprint density at radius 2 is 2.28 bits per heavy atom. The molecular formula is C16H20O2. The topological polar surface area (TPSA) is 18.5 Å². The molecule has 1 aromatic rings. The first-order chi connectivity index (χ1) is 8.79. The van der Waals surface area contributed by atoms with Crippen molar-refractivity contribution in [1.82, 2.24) is 0 Å². The van der Waals surface area contributed by atoms with Crippen LogP contribution in [0.15, 0.2) is 18.2 Å². The number of ether oxygens (including phenoxy) is 2. The Hall–Kier alpha value is -1.46. The first-order valence-electron chi connectivity index (χ1n) is 6.67. The highest BCUT2D eigenvalue weighted by Crippen LogP contribution is 2.24. The standard InChI is InChI=1S/C16H20O2/c1-3-4-7-14-10-9-13(2)12-15(14)18-16-8-5-6-11-17-16/h9-10,12,16H,3,5-6,8,11H2,1-2H3. The van der Waals surface area contributed by atoms with Crippen LogP contribution in [0.5, 0.6) is 5.75 Å². The average molecular weight is 244 g/mol. The molecule has 1 atom stereocenters. The lowest BCUT2D eigenvalue weighted by molar-refractivity contribution is -0.106. The number of aryl methyl sites for hydroxylation is 1. The highest BCUT2D eigenvalue weighted by molar-refractivity contribution is 5.47. The molecule has 1 unspecified atom stereocenters. The molecule has 2 rings (SSSR count). The monoisotopic (exact) mass is 244 g/mol. The zero-order valence-corrected chi connectivity index (χ0v) is 11.2. The summed E-state index contributed by atoms with van der Waals surface area (Å²) in [5.41, 5.74) is 2.14. The Labute approximate surface area is 109 Å². The maximum absolute atomic E-state index is 5.94. The first-order valence-corrected chi connectivity index (χ1v) is 6.67. The summed E-state index contributed by atoms with van der Waals surface area (Å²) in [7, 11) is 0. The van der Waals surface area contributed by atoms with Crippen LogP contribution >= 0.6 is 0 Å². The van der Waals surface area contributed by atoms with E-state index in [4.69, 9.17) is 9.47 Å². The fourth-order valence-corrected chi connectivity index (χ4v) is 1.96. The molecule has 0 N–H and O–H groups in total. The molecule has 1 aliphatic rings. The van der Waals surface area contributed by atoms with Crippen LogP contribution in [0.4, 0.5) is 0 Å². The minimum absolute atomic E-state index is 0.109. The van der Waals surface area contributed by atoms with Crippen LogP contribution in [0.25, 0.3) is 0 Å². The molecule has 2 nitrogen and oxygen atoms in total. The van der Waals surface area contributed by atoms with Gasteiger partial charge in [-0.1, -0.05) is 24.8 Å². The van der Waals surface area contributed by atoms with Crippen LogP contribution in [0.3, 0.4) is 0 Å². The zero-order chi connectivity index (χ0) is 12.8. The van der Waals surface area contributed by atoms with Gasteiger partial charge in [0.2, 0.25) is 0 Å². The molecule has 1 saturated heterocycles. The molecule has 0 spiro atoms. The SMILES string of the molecule is CCC#Cc1ccc(C)cc1OC1CCCCO1. The summed E-state index contributed by atoms with van der Waals surface area (Å²) in [6.07, 6.45) is 4.02. The van der Waals surface area contributed by atoms with Crippen molar-refractivity contribution in [1.29, 1.82) is 0 Å². The second kappa shape index (κ2) is 6.47. The second-order valence-corrected chi connectivity index (χ2v) is 4.57. The lowest BCUT2D eigenvalue weighted by Gasteiger charge is -2.24. The van der Waals surface area contributed by atoms with Gasteiger partial charge in [-0.2, -0.15) is 0 Å². The summed E-state index contributed by atoms with van der Waals surface area (Å²) in [5.74, 6) is 7.09. The zero-order valence-electron chi connectivity index (χ0n) is 11.2. The van der Waals surface area contributed by atoms with Crippen molar-refractivity contribution in [2.75, 3.05) is 6.61 Å². The highest BCUT2D eigenvalue weighted by Gasteiger charge is 2.16. The predicted molar refractivity (Wildman–Crippen MR) is 72.6 cm³/mol. The maximum Gasteiger partial charge on any atom is 0.199 e. The van der Waals surface area contributed by atoms with E-state index in [1.165, 1.54) is 12.0 Å². The third-order valence-corrected chi connectivity index (χ3v) is 2.93. The van der Waals surface area contributed by atoms with Crippen LogP contribution in [-0.4, -0.2) is 12.9 Å². The molecule has 2 heteroatoms. The lowest BCUT2D eigenvalue weighted by atomic mass is 10.1. The van der Waals surface area contributed by atoms with E-state index in [0.29, 0.717) is 0 Å². The van der Waals surface area contributed by atoms with Crippen molar-refractivity contribution in [2.24, 2.45) is 0 Å². The predicted octanol–water partition coefficient (Wildman–Crippen LogP) is 3.66. The third-order valence-electron chi connectivity index (χ3n) is 2.93. The second-order valence-electron chi connectivity index (χ2n) is 4.57. The molecule has 1 aromatic carbocycles. The fourth-order valence-electron chi connectivity index (χ4n) is 1.96. The fraction of sp³-hybridized carbons (Fsp3) is 0.500. The molecule has 0 amide bonds. The summed E-state index contributed by atoms with van der Waals surface area (Å²) >= 11 is 0. The van der Waals surface area contributed by atoms with Crippen molar-refractivity contribution in [3.63, 3.8) is 0 Å². The van der Waals surface area contributed by atoms with Gasteiger partial charge in [0.05, 0.1) is 12.2 Å². The quantitative estimate of drug-likeness (QED) is 0.739. The Balaban J connectivity index is 2.15. The smallest absolute Gasteiger partial charge is 0.199 e. The number of rotatable bonds is 2. The molecule has 0 aromatic heterocycles. The van der Waals surface area contributed by atoms with Crippen LogP contribution in [-0.2, 0) is 4.74 Å². The molecule has 18 heavy (non-hydrogen) atoms. The van der Waals surface area contributed by atoms with Gasteiger partial charge in [-0.05, 0) is 37.5 Å². The normalized spacial score (nSPS) is 18.9. The van der Waals surface area contributed by atoms with E-state index in [1.807, 2.05) is 19.1 Å². The van der Waals surface area contributed by atoms with Gasteiger partial charge in [0, 0.05) is 12.8 Å². The van der Waals surface area contributed by atoms with Gasteiger partial charge in [-0.3, -0.25) is 0 Å². The number of benzene rings is 1. The summed E-state index contributed by atoms with van der Waals surface area (Å²) in [4.78, 5) is 0. The summed E-state index contributed by atoms with van der Waals surface area (Å²) < 4.78 is 11.6. The van der Waals surface area contributed by atoms with Crippen LogP contribution < -0.4 is 4.74 Å². The van der Waals surface area contributed by atoms with Crippen LogP contribution in [0.1, 0.15) is 43.7 Å². The highest BCUT2D eigenvalue weighted by atomic mass is 16.7. The van der Waals surface area contributed by atoms with Gasteiger partial charge in [-0.15, -0.1) is 0 Å². The lowest BCUT2D eigenvalue weighted by Crippen LogP contribution is -2.25. The van der Waals surface area contributed by atoms with E-state index in [0.717, 1.165) is 37.2 Å². The van der Waals surface area contributed by atoms with Gasteiger partial charge >= 0.3 is 0 Å². The Kier molecular flexibility index (Phi) is 4.66. The Morgan fingerprint density at radius 1 is 1.39 bits per heavy atom. The molecule has 1 fully saturated rings. The summed E-state index contributed by atoms with van der Waals surface area (Å²) in [6.45, 7) is 4.91. The maximum atomic E-state index is 5.94. The molecule has 0 radical (unpaired) electrons. The average Bonchev–Trinajstić information content (AvgIpc) is 2.39. The van der Waals surface area contributed by atoms with Crippen LogP contribution in [0, 0.1) is 18.8 Å². The Morgan fingerprint density at radius 3 is 3.00 bits per heavy atom. The van der Waals surface area contributed by atoms with Gasteiger partial charge in [0.1, 0.15) is 5.75 Å².